The van der Waals surface area contributed by atoms with Crippen molar-refractivity contribution in [2.45, 2.75) is 0 Å². The van der Waals surface area contributed by atoms with Crippen molar-refractivity contribution in [2.24, 2.45) is 10.2 Å². The van der Waals surface area contributed by atoms with E-state index in [0.29, 0.717) is 22.1 Å². The Morgan fingerprint density at radius 2 is 1.65 bits per heavy atom. The van der Waals surface area contributed by atoms with Gasteiger partial charge in [0.1, 0.15) is 5.75 Å². The minimum atomic E-state index is -0.444. The van der Waals surface area contributed by atoms with Gasteiger partial charge < -0.3 is 9.47 Å². The van der Waals surface area contributed by atoms with E-state index in [-0.39, 0.29) is 11.2 Å². The molecule has 0 saturated carbocycles. The number of benzene rings is 3. The summed E-state index contributed by atoms with van der Waals surface area (Å²) in [5.41, 5.74) is 3.57. The minimum Gasteiger partial charge on any atom is -0.497 e. The van der Waals surface area contributed by atoms with Crippen LogP contribution in [0.4, 0.5) is 11.4 Å². The van der Waals surface area contributed by atoms with Gasteiger partial charge in [-0.2, -0.15) is 9.80 Å². The first-order valence-electron chi connectivity index (χ1n) is 11.2. The maximum atomic E-state index is 13.5. The molecule has 0 fully saturated rings. The molecule has 0 bridgehead atoms. The normalized spacial score (nSPS) is 11.1. The summed E-state index contributed by atoms with van der Waals surface area (Å²) in [4.78, 5) is 29.8. The maximum absolute atomic E-state index is 13.5. The molecule has 2 heterocycles. The molecule has 0 amide bonds. The molecular weight excluding hydrogens is 490 g/mol. The van der Waals surface area contributed by atoms with Crippen molar-refractivity contribution in [1.82, 2.24) is 14.8 Å². The second-order valence-electron chi connectivity index (χ2n) is 7.82. The third-order valence-corrected chi connectivity index (χ3v) is 6.38. The van der Waals surface area contributed by atoms with Gasteiger partial charge in [0.25, 0.3) is 0 Å². The van der Waals surface area contributed by atoms with Crippen LogP contribution >= 0.6 is 11.3 Å². The van der Waals surface area contributed by atoms with Gasteiger partial charge in [0.2, 0.25) is 5.13 Å². The molecule has 0 aliphatic rings. The zero-order valence-electron chi connectivity index (χ0n) is 19.9. The highest BCUT2D eigenvalue weighted by atomic mass is 32.1. The number of H-pyrrole nitrogens is 1. The number of esters is 1. The van der Waals surface area contributed by atoms with E-state index >= 15 is 0 Å². The van der Waals surface area contributed by atoms with Crippen LogP contribution in [0.1, 0.15) is 10.4 Å². The minimum absolute atomic E-state index is 0.143. The maximum Gasteiger partial charge on any atom is 0.337 e. The van der Waals surface area contributed by atoms with E-state index in [1.165, 1.54) is 23.1 Å². The molecule has 5 aromatic rings. The average molecular weight is 512 g/mol. The Bertz CT molecular complexity index is 1620. The Morgan fingerprint density at radius 1 is 0.919 bits per heavy atom. The molecule has 0 radical (unpaired) electrons. The fourth-order valence-corrected chi connectivity index (χ4v) is 4.40. The molecule has 0 saturated heterocycles. The molecule has 10 heteroatoms. The van der Waals surface area contributed by atoms with Gasteiger partial charge in [-0.15, -0.1) is 16.5 Å². The second-order valence-corrected chi connectivity index (χ2v) is 8.66. The molecule has 0 atom stereocenters. The fraction of sp³-hybridized carbons (Fsp3) is 0.0741. The van der Waals surface area contributed by atoms with Crippen molar-refractivity contribution >= 4 is 28.7 Å². The van der Waals surface area contributed by atoms with Gasteiger partial charge in [0.05, 0.1) is 36.9 Å². The van der Waals surface area contributed by atoms with Crippen molar-refractivity contribution < 1.29 is 14.3 Å². The number of aromatic nitrogens is 3. The van der Waals surface area contributed by atoms with E-state index in [9.17, 15) is 9.59 Å². The van der Waals surface area contributed by atoms with Gasteiger partial charge in [-0.25, -0.2) is 9.78 Å². The third kappa shape index (κ3) is 4.95. The van der Waals surface area contributed by atoms with Crippen molar-refractivity contribution in [2.75, 3.05) is 14.2 Å². The van der Waals surface area contributed by atoms with Gasteiger partial charge in [0.15, 0.2) is 5.69 Å². The van der Waals surface area contributed by atoms with Crippen LogP contribution in [0.15, 0.2) is 99.3 Å². The lowest BCUT2D eigenvalue weighted by Crippen LogP contribution is -2.13. The van der Waals surface area contributed by atoms with E-state index in [2.05, 4.69) is 20.3 Å². The number of carbonyl (C=O) groups excluding carboxylic acids is 1. The summed E-state index contributed by atoms with van der Waals surface area (Å²) in [5, 5.41) is 14.0. The van der Waals surface area contributed by atoms with Gasteiger partial charge >= 0.3 is 11.5 Å². The highest BCUT2D eigenvalue weighted by Gasteiger charge is 2.19. The highest BCUT2D eigenvalue weighted by molar-refractivity contribution is 7.12. The van der Waals surface area contributed by atoms with Crippen LogP contribution in [0.2, 0.25) is 0 Å². The van der Waals surface area contributed by atoms with Crippen molar-refractivity contribution in [3.05, 3.63) is 100 Å². The van der Waals surface area contributed by atoms with Crippen LogP contribution in [-0.4, -0.2) is 35.0 Å². The molecule has 0 unspecified atom stereocenters. The lowest BCUT2D eigenvalue weighted by Gasteiger charge is -2.00. The first-order valence-corrected chi connectivity index (χ1v) is 12.1. The molecule has 9 nitrogen and oxygen atoms in total. The van der Waals surface area contributed by atoms with E-state index in [1.807, 2.05) is 60.0 Å². The van der Waals surface area contributed by atoms with Crippen LogP contribution in [0.25, 0.3) is 27.6 Å². The monoisotopic (exact) mass is 511 g/mol. The molecule has 5 rings (SSSR count). The van der Waals surface area contributed by atoms with Crippen LogP contribution in [0.3, 0.4) is 0 Å². The number of ether oxygens (including phenoxy) is 2. The Morgan fingerprint density at radius 3 is 2.32 bits per heavy atom. The summed E-state index contributed by atoms with van der Waals surface area (Å²) in [6, 6.07) is 23.4. The standard InChI is InChI=1S/C27H21N5O4S/c1-35-21-14-10-17(11-15-21)22-16-37-27(28-22)32-25(33)24(23(31-32)18-6-4-3-5-7-18)30-29-20-12-8-19(9-13-20)26(34)36-2/h3-16,31H,1-2H3. The van der Waals surface area contributed by atoms with Crippen LogP contribution in [-0.2, 0) is 4.74 Å². The summed E-state index contributed by atoms with van der Waals surface area (Å²) in [7, 11) is 2.94. The number of hydrogen-bond acceptors (Lipinski definition) is 8. The Balaban J connectivity index is 1.52. The first-order chi connectivity index (χ1) is 18.1. The van der Waals surface area contributed by atoms with Gasteiger partial charge in [0, 0.05) is 16.5 Å². The quantitative estimate of drug-likeness (QED) is 0.208. The van der Waals surface area contributed by atoms with Crippen LogP contribution < -0.4 is 10.3 Å². The van der Waals surface area contributed by atoms with Gasteiger partial charge in [-0.3, -0.25) is 9.89 Å². The van der Waals surface area contributed by atoms with E-state index < -0.39 is 5.97 Å². The van der Waals surface area contributed by atoms with Crippen molar-refractivity contribution in [1.29, 1.82) is 0 Å². The number of thiazole rings is 1. The van der Waals surface area contributed by atoms with Crippen molar-refractivity contribution in [3.63, 3.8) is 0 Å². The Labute approximate surface area is 215 Å². The largest absolute Gasteiger partial charge is 0.497 e. The first kappa shape index (κ1) is 23.9. The number of carbonyl (C=O) groups is 1. The van der Waals surface area contributed by atoms with E-state index in [0.717, 1.165) is 22.6 Å². The molecular formula is C27H21N5O4S. The van der Waals surface area contributed by atoms with Gasteiger partial charge in [-0.1, -0.05) is 30.3 Å². The zero-order chi connectivity index (χ0) is 25.8. The highest BCUT2D eigenvalue weighted by Crippen LogP contribution is 2.30. The number of nitrogens with one attached hydrogen (secondary N) is 1. The topological polar surface area (TPSA) is 111 Å². The summed E-state index contributed by atoms with van der Waals surface area (Å²) >= 11 is 1.33. The third-order valence-electron chi connectivity index (χ3n) is 5.55. The molecule has 0 aliphatic carbocycles. The van der Waals surface area contributed by atoms with Crippen LogP contribution in [0, 0.1) is 0 Å². The predicted molar refractivity (Wildman–Crippen MR) is 141 cm³/mol. The van der Waals surface area contributed by atoms with Gasteiger partial charge in [-0.05, 0) is 48.5 Å². The predicted octanol–water partition coefficient (Wildman–Crippen LogP) is 6.17. The number of nitrogens with zero attached hydrogens (tertiary/aromatic N) is 4. The molecule has 0 spiro atoms. The molecule has 1 N–H and O–H groups in total. The number of aromatic amines is 1. The molecule has 3 aromatic carbocycles. The average Bonchev–Trinajstić information content (AvgIpc) is 3.57. The van der Waals surface area contributed by atoms with E-state index in [4.69, 9.17) is 9.47 Å². The van der Waals surface area contributed by atoms with E-state index in [1.54, 1.807) is 31.4 Å². The molecule has 184 valence electrons. The van der Waals surface area contributed by atoms with Crippen LogP contribution in [0.5, 0.6) is 5.75 Å². The number of methoxy groups -OCH3 is 2. The van der Waals surface area contributed by atoms with Crippen molar-refractivity contribution in [3.8, 4) is 33.4 Å². The zero-order valence-corrected chi connectivity index (χ0v) is 20.7. The summed E-state index contributed by atoms with van der Waals surface area (Å²) in [6.07, 6.45) is 0. The lowest BCUT2D eigenvalue weighted by atomic mass is 10.1. The summed E-state index contributed by atoms with van der Waals surface area (Å²) < 4.78 is 11.3. The molecule has 2 aromatic heterocycles. The smallest absolute Gasteiger partial charge is 0.337 e. The molecule has 37 heavy (non-hydrogen) atoms. The summed E-state index contributed by atoms with van der Waals surface area (Å²) in [6.45, 7) is 0. The Kier molecular flexibility index (Phi) is 6.73. The number of rotatable bonds is 7. The lowest BCUT2D eigenvalue weighted by molar-refractivity contribution is 0.0600. The second kappa shape index (κ2) is 10.4. The fourth-order valence-electron chi connectivity index (χ4n) is 3.61. The number of azo groups is 1. The SMILES string of the molecule is COC(=O)c1ccc(N=Nc2c(-c3ccccc3)[nH]n(-c3nc(-c4ccc(OC)cc4)cs3)c2=O)cc1. The Hall–Kier alpha value is -4.83. The summed E-state index contributed by atoms with van der Waals surface area (Å²) in [5.74, 6) is 0.308. The molecule has 0 aliphatic heterocycles. The number of hydrogen-bond donors (Lipinski definition) is 1.